The Kier molecular flexibility index (Phi) is 3.62. The Labute approximate surface area is 137 Å². The number of hydrogen-bond acceptors (Lipinski definition) is 5. The second-order valence-corrected chi connectivity index (χ2v) is 6.74. The predicted molar refractivity (Wildman–Crippen MR) is 89.0 cm³/mol. The number of piperidine rings is 1. The molecule has 4 heterocycles. The number of amides is 1. The summed E-state index contributed by atoms with van der Waals surface area (Å²) in [5.74, 6) is 0.538. The Morgan fingerprint density at radius 1 is 1.39 bits per heavy atom. The number of imidazole rings is 1. The van der Waals surface area contributed by atoms with E-state index in [0.717, 1.165) is 36.7 Å². The number of carbonyl (C=O) groups excluding carboxylic acids is 1. The van der Waals surface area contributed by atoms with E-state index in [1.807, 2.05) is 26.7 Å². The van der Waals surface area contributed by atoms with Crippen molar-refractivity contribution in [1.82, 2.24) is 24.1 Å². The van der Waals surface area contributed by atoms with Gasteiger partial charge in [0.2, 0.25) is 0 Å². The van der Waals surface area contributed by atoms with Crippen LogP contribution in [0.4, 0.5) is 5.82 Å². The fourth-order valence-corrected chi connectivity index (χ4v) is 3.66. The summed E-state index contributed by atoms with van der Waals surface area (Å²) >= 11 is 1.51. The summed E-state index contributed by atoms with van der Waals surface area (Å²) in [6.45, 7) is 2.10. The zero-order chi connectivity index (χ0) is 15.8. The summed E-state index contributed by atoms with van der Waals surface area (Å²) in [4.78, 5) is 19.9. The van der Waals surface area contributed by atoms with Gasteiger partial charge in [-0.3, -0.25) is 9.20 Å². The summed E-state index contributed by atoms with van der Waals surface area (Å²) in [5.41, 5.74) is 0.424. The van der Waals surface area contributed by atoms with Gasteiger partial charge in [0.1, 0.15) is 11.5 Å². The number of anilines is 1. The Hall–Kier alpha value is -2.19. The van der Waals surface area contributed by atoms with Gasteiger partial charge in [-0.15, -0.1) is 11.3 Å². The van der Waals surface area contributed by atoms with Crippen molar-refractivity contribution in [2.24, 2.45) is 0 Å². The smallest absolute Gasteiger partial charge is 0.277 e. The first-order valence-corrected chi connectivity index (χ1v) is 8.54. The van der Waals surface area contributed by atoms with Gasteiger partial charge in [-0.25, -0.2) is 9.67 Å². The highest BCUT2D eigenvalue weighted by Gasteiger charge is 2.22. The zero-order valence-electron chi connectivity index (χ0n) is 12.8. The standard InChI is InChI=1S/C15H18N6OS/c1-19-6-3-11(4-7-19)21-13(2-5-16-21)18-14(22)12-10-20-8-9-23-15(20)17-12/h2,5,8-11H,3-4,6-7H2,1H3,(H,18,22). The van der Waals surface area contributed by atoms with Crippen molar-refractivity contribution in [2.45, 2.75) is 18.9 Å². The number of thiazole rings is 1. The van der Waals surface area contributed by atoms with Crippen LogP contribution in [0.1, 0.15) is 29.4 Å². The highest BCUT2D eigenvalue weighted by molar-refractivity contribution is 7.15. The van der Waals surface area contributed by atoms with Gasteiger partial charge in [-0.1, -0.05) is 0 Å². The monoisotopic (exact) mass is 330 g/mol. The van der Waals surface area contributed by atoms with E-state index in [2.05, 4.69) is 27.3 Å². The molecule has 0 unspecified atom stereocenters. The molecular weight excluding hydrogens is 312 g/mol. The SMILES string of the molecule is CN1CCC(n2nccc2NC(=O)c2cn3ccsc3n2)CC1. The molecule has 1 aliphatic rings. The number of nitrogens with one attached hydrogen (secondary N) is 1. The molecule has 1 amide bonds. The molecule has 0 atom stereocenters. The van der Waals surface area contributed by atoms with Gasteiger partial charge in [-0.2, -0.15) is 5.10 Å². The molecule has 1 fully saturated rings. The summed E-state index contributed by atoms with van der Waals surface area (Å²) in [6, 6.07) is 2.18. The number of aromatic nitrogens is 4. The summed E-state index contributed by atoms with van der Waals surface area (Å²) < 4.78 is 3.79. The van der Waals surface area contributed by atoms with Gasteiger partial charge in [0.25, 0.3) is 5.91 Å². The summed E-state index contributed by atoms with van der Waals surface area (Å²) in [5, 5.41) is 9.29. The molecule has 1 aliphatic heterocycles. The lowest BCUT2D eigenvalue weighted by Gasteiger charge is -2.29. The molecule has 3 aromatic heterocycles. The average Bonchev–Trinajstić information content (AvgIpc) is 3.22. The van der Waals surface area contributed by atoms with Crippen LogP contribution >= 0.6 is 11.3 Å². The molecule has 0 aromatic carbocycles. The number of nitrogens with zero attached hydrogens (tertiary/aromatic N) is 5. The molecular formula is C15H18N6OS. The minimum absolute atomic E-state index is 0.199. The molecule has 0 spiro atoms. The summed E-state index contributed by atoms with van der Waals surface area (Å²) in [7, 11) is 2.13. The molecule has 3 aromatic rings. The molecule has 1 saturated heterocycles. The minimum Gasteiger partial charge on any atom is -0.306 e. The van der Waals surface area contributed by atoms with E-state index in [1.165, 1.54) is 11.3 Å². The van der Waals surface area contributed by atoms with E-state index in [9.17, 15) is 4.79 Å². The molecule has 8 heteroatoms. The first kappa shape index (κ1) is 14.4. The molecule has 0 saturated carbocycles. The van der Waals surface area contributed by atoms with Gasteiger partial charge in [0, 0.05) is 23.8 Å². The highest BCUT2D eigenvalue weighted by Crippen LogP contribution is 2.25. The van der Waals surface area contributed by atoms with E-state index in [4.69, 9.17) is 0 Å². The number of likely N-dealkylation sites (tertiary alicyclic amines) is 1. The van der Waals surface area contributed by atoms with Gasteiger partial charge < -0.3 is 10.2 Å². The molecule has 0 radical (unpaired) electrons. The number of rotatable bonds is 3. The lowest BCUT2D eigenvalue weighted by Crippen LogP contribution is -2.32. The molecule has 0 aliphatic carbocycles. The number of hydrogen-bond donors (Lipinski definition) is 1. The van der Waals surface area contributed by atoms with Crippen LogP contribution in [0.2, 0.25) is 0 Å². The molecule has 7 nitrogen and oxygen atoms in total. The third kappa shape index (κ3) is 2.75. The Balaban J connectivity index is 1.51. The molecule has 23 heavy (non-hydrogen) atoms. The first-order chi connectivity index (χ1) is 11.2. The quantitative estimate of drug-likeness (QED) is 0.799. The molecule has 1 N–H and O–H groups in total. The molecule has 4 rings (SSSR count). The van der Waals surface area contributed by atoms with E-state index in [-0.39, 0.29) is 5.91 Å². The maximum atomic E-state index is 12.4. The topological polar surface area (TPSA) is 67.5 Å². The van der Waals surface area contributed by atoms with Crippen molar-refractivity contribution in [1.29, 1.82) is 0 Å². The van der Waals surface area contributed by atoms with Crippen LogP contribution in [-0.2, 0) is 0 Å². The fourth-order valence-electron chi connectivity index (χ4n) is 2.96. The average molecular weight is 330 g/mol. The normalized spacial score (nSPS) is 16.9. The van der Waals surface area contributed by atoms with E-state index < -0.39 is 0 Å². The van der Waals surface area contributed by atoms with Crippen LogP contribution in [0.25, 0.3) is 4.96 Å². The van der Waals surface area contributed by atoms with Gasteiger partial charge in [0.05, 0.1) is 12.2 Å². The van der Waals surface area contributed by atoms with E-state index >= 15 is 0 Å². The number of carbonyl (C=O) groups is 1. The van der Waals surface area contributed by atoms with Crippen molar-refractivity contribution in [3.63, 3.8) is 0 Å². The number of fused-ring (bicyclic) bond motifs is 1. The van der Waals surface area contributed by atoms with Crippen LogP contribution in [0.5, 0.6) is 0 Å². The van der Waals surface area contributed by atoms with Crippen molar-refractivity contribution < 1.29 is 4.79 Å². The van der Waals surface area contributed by atoms with Gasteiger partial charge >= 0.3 is 0 Å². The Morgan fingerprint density at radius 2 is 2.22 bits per heavy atom. The summed E-state index contributed by atoms with van der Waals surface area (Å²) in [6.07, 6.45) is 7.46. The van der Waals surface area contributed by atoms with Gasteiger partial charge in [-0.05, 0) is 33.0 Å². The zero-order valence-corrected chi connectivity index (χ0v) is 13.7. The largest absolute Gasteiger partial charge is 0.306 e. The van der Waals surface area contributed by atoms with Crippen LogP contribution < -0.4 is 5.32 Å². The third-order valence-electron chi connectivity index (χ3n) is 4.27. The van der Waals surface area contributed by atoms with Crippen molar-refractivity contribution in [3.8, 4) is 0 Å². The maximum absolute atomic E-state index is 12.4. The highest BCUT2D eigenvalue weighted by atomic mass is 32.1. The van der Waals surface area contributed by atoms with Crippen molar-refractivity contribution in [3.05, 3.63) is 35.7 Å². The molecule has 0 bridgehead atoms. The van der Waals surface area contributed by atoms with Crippen LogP contribution in [0.15, 0.2) is 30.0 Å². The van der Waals surface area contributed by atoms with Gasteiger partial charge in [0.15, 0.2) is 4.96 Å². The predicted octanol–water partition coefficient (Wildman–Crippen LogP) is 2.11. The molecule has 120 valence electrons. The maximum Gasteiger partial charge on any atom is 0.277 e. The lowest BCUT2D eigenvalue weighted by atomic mass is 10.1. The van der Waals surface area contributed by atoms with Crippen LogP contribution in [0.3, 0.4) is 0 Å². The van der Waals surface area contributed by atoms with Crippen molar-refractivity contribution >= 4 is 28.0 Å². The lowest BCUT2D eigenvalue weighted by molar-refractivity contribution is 0.102. The van der Waals surface area contributed by atoms with Crippen molar-refractivity contribution in [2.75, 3.05) is 25.5 Å². The van der Waals surface area contributed by atoms with Crippen LogP contribution in [0, 0.1) is 0 Å². The van der Waals surface area contributed by atoms with E-state index in [0.29, 0.717) is 11.7 Å². The Morgan fingerprint density at radius 3 is 3.00 bits per heavy atom. The van der Waals surface area contributed by atoms with Crippen LogP contribution in [-0.4, -0.2) is 50.1 Å². The fraction of sp³-hybridized carbons (Fsp3) is 0.400. The third-order valence-corrected chi connectivity index (χ3v) is 5.04. The second-order valence-electron chi connectivity index (χ2n) is 5.87. The minimum atomic E-state index is -0.199. The first-order valence-electron chi connectivity index (χ1n) is 7.66. The second kappa shape index (κ2) is 5.78. The van der Waals surface area contributed by atoms with E-state index in [1.54, 1.807) is 12.4 Å². The Bertz CT molecular complexity index is 797.